The fourth-order valence-corrected chi connectivity index (χ4v) is 2.24. The first-order chi connectivity index (χ1) is 9.29. The third kappa shape index (κ3) is 2.49. The number of aromatic nitrogens is 2. The average Bonchev–Trinajstić information content (AvgIpc) is 3.15. The van der Waals surface area contributed by atoms with E-state index in [2.05, 4.69) is 9.55 Å². The van der Waals surface area contributed by atoms with Crippen molar-refractivity contribution >= 4 is 17.9 Å². The van der Waals surface area contributed by atoms with Gasteiger partial charge >= 0.3 is 0 Å². The van der Waals surface area contributed by atoms with Crippen molar-refractivity contribution in [3.8, 4) is 5.75 Å². The molecule has 2 aromatic rings. The first kappa shape index (κ1) is 12.2. The van der Waals surface area contributed by atoms with E-state index in [1.165, 1.54) is 12.8 Å². The number of carbonyl (C=O) groups excluding carboxylic acids is 1. The Morgan fingerprint density at radius 3 is 3.05 bits per heavy atom. The molecule has 1 aromatic heterocycles. The molecule has 0 atom stereocenters. The molecule has 98 valence electrons. The van der Waals surface area contributed by atoms with Crippen molar-refractivity contribution < 1.29 is 9.53 Å². The highest BCUT2D eigenvalue weighted by atomic mass is 35.5. The van der Waals surface area contributed by atoms with Crippen LogP contribution in [0, 0.1) is 0 Å². The van der Waals surface area contributed by atoms with Gasteiger partial charge in [0.05, 0.1) is 28.8 Å². The first-order valence-corrected chi connectivity index (χ1v) is 6.54. The summed E-state index contributed by atoms with van der Waals surface area (Å²) in [5.74, 6) is 0.506. The van der Waals surface area contributed by atoms with Crippen LogP contribution >= 0.6 is 11.6 Å². The number of benzene rings is 1. The number of hydrogen-bond donors (Lipinski definition) is 0. The molecule has 0 saturated heterocycles. The van der Waals surface area contributed by atoms with E-state index in [1.807, 2.05) is 6.33 Å². The predicted molar refractivity (Wildman–Crippen MR) is 71.7 cm³/mol. The molecule has 0 spiro atoms. The van der Waals surface area contributed by atoms with Gasteiger partial charge in [-0.2, -0.15) is 0 Å². The van der Waals surface area contributed by atoms with Gasteiger partial charge in [0.1, 0.15) is 12.4 Å². The van der Waals surface area contributed by atoms with E-state index in [0.29, 0.717) is 29.0 Å². The van der Waals surface area contributed by atoms with Crippen LogP contribution in [0.3, 0.4) is 0 Å². The van der Waals surface area contributed by atoms with Gasteiger partial charge in [0.2, 0.25) is 0 Å². The van der Waals surface area contributed by atoms with Gasteiger partial charge in [-0.25, -0.2) is 4.98 Å². The Hall–Kier alpha value is -1.81. The lowest BCUT2D eigenvalue weighted by Gasteiger charge is -2.11. The highest BCUT2D eigenvalue weighted by molar-refractivity contribution is 6.33. The first-order valence-electron chi connectivity index (χ1n) is 6.17. The topological polar surface area (TPSA) is 44.1 Å². The zero-order valence-electron chi connectivity index (χ0n) is 10.3. The van der Waals surface area contributed by atoms with Gasteiger partial charge in [-0.3, -0.25) is 4.79 Å². The fourth-order valence-electron chi connectivity index (χ4n) is 2.03. The largest absolute Gasteiger partial charge is 0.487 e. The van der Waals surface area contributed by atoms with Crippen molar-refractivity contribution in [1.29, 1.82) is 0 Å². The standard InChI is InChI=1S/C14H13ClN2O2/c15-13-2-1-3-14(12(13)7-18)19-8-11-6-16-9-17(11)10-4-5-10/h1-3,6-7,9-10H,4-5,8H2. The quantitative estimate of drug-likeness (QED) is 0.787. The number of ether oxygens (including phenoxy) is 1. The van der Waals surface area contributed by atoms with Crippen molar-refractivity contribution in [2.75, 3.05) is 0 Å². The van der Waals surface area contributed by atoms with E-state index in [-0.39, 0.29) is 0 Å². The number of nitrogens with zero attached hydrogens (tertiary/aromatic N) is 2. The summed E-state index contributed by atoms with van der Waals surface area (Å²) in [5, 5.41) is 0.406. The third-order valence-electron chi connectivity index (χ3n) is 3.19. The number of hydrogen-bond acceptors (Lipinski definition) is 3. The Bertz CT molecular complexity index is 605. The Morgan fingerprint density at radius 1 is 1.47 bits per heavy atom. The molecule has 5 heteroatoms. The number of halogens is 1. The SMILES string of the molecule is O=Cc1c(Cl)cccc1OCc1cncn1C1CC1. The van der Waals surface area contributed by atoms with Crippen LogP contribution in [0.5, 0.6) is 5.75 Å². The Kier molecular flexibility index (Phi) is 3.25. The Balaban J connectivity index is 1.77. The number of carbonyl (C=O) groups is 1. The molecule has 19 heavy (non-hydrogen) atoms. The highest BCUT2D eigenvalue weighted by Crippen LogP contribution is 2.36. The second kappa shape index (κ2) is 5.05. The molecule has 1 aliphatic rings. The van der Waals surface area contributed by atoms with Gasteiger partial charge < -0.3 is 9.30 Å². The minimum atomic E-state index is 0.387. The third-order valence-corrected chi connectivity index (χ3v) is 3.52. The molecule has 1 fully saturated rings. The molecule has 0 aliphatic heterocycles. The van der Waals surface area contributed by atoms with Crippen LogP contribution in [0.2, 0.25) is 5.02 Å². The maximum absolute atomic E-state index is 11.0. The lowest BCUT2D eigenvalue weighted by atomic mass is 10.2. The molecule has 1 saturated carbocycles. The van der Waals surface area contributed by atoms with Crippen molar-refractivity contribution in [3.05, 3.63) is 47.0 Å². The maximum Gasteiger partial charge on any atom is 0.155 e. The van der Waals surface area contributed by atoms with Gasteiger partial charge in [0.25, 0.3) is 0 Å². The zero-order valence-corrected chi connectivity index (χ0v) is 11.0. The van der Waals surface area contributed by atoms with Crippen molar-refractivity contribution in [3.63, 3.8) is 0 Å². The van der Waals surface area contributed by atoms with Crippen molar-refractivity contribution in [2.24, 2.45) is 0 Å². The molecule has 3 rings (SSSR count). The maximum atomic E-state index is 11.0. The molecule has 0 amide bonds. The Morgan fingerprint density at radius 2 is 2.32 bits per heavy atom. The Labute approximate surface area is 116 Å². The molecular formula is C14H13ClN2O2. The fraction of sp³-hybridized carbons (Fsp3) is 0.286. The van der Waals surface area contributed by atoms with Crippen LogP contribution in [0.25, 0.3) is 0 Å². The molecule has 0 radical (unpaired) electrons. The molecule has 1 aliphatic carbocycles. The van der Waals surface area contributed by atoms with E-state index in [0.717, 1.165) is 12.0 Å². The minimum absolute atomic E-state index is 0.387. The molecule has 0 unspecified atom stereocenters. The summed E-state index contributed by atoms with van der Waals surface area (Å²) in [5.41, 5.74) is 1.40. The van der Waals surface area contributed by atoms with Gasteiger partial charge in [-0.1, -0.05) is 17.7 Å². The second-order valence-corrected chi connectivity index (χ2v) is 4.99. The van der Waals surface area contributed by atoms with Gasteiger partial charge in [-0.15, -0.1) is 0 Å². The molecule has 4 nitrogen and oxygen atoms in total. The summed E-state index contributed by atoms with van der Waals surface area (Å²) in [6.07, 6.45) is 6.73. The second-order valence-electron chi connectivity index (χ2n) is 4.58. The smallest absolute Gasteiger partial charge is 0.155 e. The number of aldehydes is 1. The van der Waals surface area contributed by atoms with Crippen LogP contribution in [-0.2, 0) is 6.61 Å². The summed E-state index contributed by atoms with van der Waals surface area (Å²) in [7, 11) is 0. The van der Waals surface area contributed by atoms with E-state index < -0.39 is 0 Å². The molecule has 1 heterocycles. The summed E-state index contributed by atoms with van der Waals surface area (Å²) in [6.45, 7) is 0.387. The van der Waals surface area contributed by atoms with E-state index in [1.54, 1.807) is 24.4 Å². The van der Waals surface area contributed by atoms with E-state index >= 15 is 0 Å². The lowest BCUT2D eigenvalue weighted by Crippen LogP contribution is -2.04. The van der Waals surface area contributed by atoms with Crippen LogP contribution in [0.15, 0.2) is 30.7 Å². The van der Waals surface area contributed by atoms with Crippen LogP contribution in [0.4, 0.5) is 0 Å². The van der Waals surface area contributed by atoms with Crippen LogP contribution in [0.1, 0.15) is 34.9 Å². The monoisotopic (exact) mass is 276 g/mol. The molecule has 0 N–H and O–H groups in total. The van der Waals surface area contributed by atoms with Gasteiger partial charge in [0, 0.05) is 6.04 Å². The van der Waals surface area contributed by atoms with Crippen molar-refractivity contribution in [1.82, 2.24) is 9.55 Å². The summed E-state index contributed by atoms with van der Waals surface area (Å²) in [6, 6.07) is 5.74. The van der Waals surface area contributed by atoms with Crippen molar-refractivity contribution in [2.45, 2.75) is 25.5 Å². The average molecular weight is 277 g/mol. The number of imidazole rings is 1. The summed E-state index contributed by atoms with van der Waals surface area (Å²) >= 11 is 5.95. The van der Waals surface area contributed by atoms with E-state index in [9.17, 15) is 4.79 Å². The lowest BCUT2D eigenvalue weighted by molar-refractivity contribution is 0.111. The van der Waals surface area contributed by atoms with E-state index in [4.69, 9.17) is 16.3 Å². The molecule has 1 aromatic carbocycles. The molecule has 0 bridgehead atoms. The summed E-state index contributed by atoms with van der Waals surface area (Å²) < 4.78 is 7.83. The van der Waals surface area contributed by atoms with Crippen LogP contribution < -0.4 is 4.74 Å². The van der Waals surface area contributed by atoms with Gasteiger partial charge in [0.15, 0.2) is 6.29 Å². The zero-order chi connectivity index (χ0) is 13.2. The van der Waals surface area contributed by atoms with Crippen LogP contribution in [-0.4, -0.2) is 15.8 Å². The molecular weight excluding hydrogens is 264 g/mol. The predicted octanol–water partition coefficient (Wildman–Crippen LogP) is 3.26. The minimum Gasteiger partial charge on any atom is -0.487 e. The number of rotatable bonds is 5. The van der Waals surface area contributed by atoms with Gasteiger partial charge in [-0.05, 0) is 25.0 Å². The normalized spacial score (nSPS) is 14.4. The summed E-state index contributed by atoms with van der Waals surface area (Å²) in [4.78, 5) is 15.2. The highest BCUT2D eigenvalue weighted by Gasteiger charge is 2.25.